The highest BCUT2D eigenvalue weighted by Gasteiger charge is 2.71. The minimum Gasteiger partial charge on any atom is -0.404 e. The Morgan fingerprint density at radius 2 is 1.61 bits per heavy atom. The first kappa shape index (κ1) is 24.6. The van der Waals surface area contributed by atoms with Crippen LogP contribution in [0.4, 0.5) is 0 Å². The highest BCUT2D eigenvalue weighted by atomic mass is 28.4. The van der Waals surface area contributed by atoms with Crippen molar-refractivity contribution in [3.63, 3.8) is 0 Å². The summed E-state index contributed by atoms with van der Waals surface area (Å²) in [5.74, 6) is 1.01. The van der Waals surface area contributed by atoms with E-state index >= 15 is 0 Å². The van der Waals surface area contributed by atoms with E-state index in [1.54, 1.807) is 0 Å². The summed E-state index contributed by atoms with van der Waals surface area (Å²) < 4.78 is 7.65. The summed E-state index contributed by atoms with van der Waals surface area (Å²) in [7, 11) is -2.56. The zero-order valence-corrected chi connectivity index (χ0v) is 23.4. The Morgan fingerprint density at radius 1 is 1.00 bits per heavy atom. The van der Waals surface area contributed by atoms with E-state index in [2.05, 4.69) is 88.4 Å². The summed E-state index contributed by atoms with van der Waals surface area (Å²) >= 11 is 0. The predicted molar refractivity (Wildman–Crippen MR) is 147 cm³/mol. The third-order valence-corrected chi connectivity index (χ3v) is 16.1. The number of ketones is 1. The van der Waals surface area contributed by atoms with Crippen LogP contribution in [0.2, 0.25) is 6.04 Å². The van der Waals surface area contributed by atoms with Gasteiger partial charge in [-0.25, -0.2) is 0 Å². The Labute approximate surface area is 217 Å². The zero-order valence-electron chi connectivity index (χ0n) is 22.4. The second-order valence-electron chi connectivity index (χ2n) is 13.0. The van der Waals surface area contributed by atoms with Crippen molar-refractivity contribution in [1.82, 2.24) is 0 Å². The van der Waals surface area contributed by atoms with Gasteiger partial charge in [-0.1, -0.05) is 88.4 Å². The summed E-state index contributed by atoms with van der Waals surface area (Å²) in [5.41, 5.74) is -0.514. The van der Waals surface area contributed by atoms with Gasteiger partial charge in [0.05, 0.1) is 12.2 Å². The smallest absolute Gasteiger partial charge is 0.256 e. The van der Waals surface area contributed by atoms with E-state index in [0.717, 1.165) is 38.1 Å². The van der Waals surface area contributed by atoms with Gasteiger partial charge >= 0.3 is 0 Å². The molecule has 1 aliphatic heterocycles. The number of hydrogen-bond acceptors (Lipinski definition) is 3. The molecule has 4 heteroatoms. The van der Waals surface area contributed by atoms with Gasteiger partial charge in [0.1, 0.15) is 5.78 Å². The van der Waals surface area contributed by atoms with Gasteiger partial charge < -0.3 is 9.53 Å². The van der Waals surface area contributed by atoms with Crippen LogP contribution in [-0.4, -0.2) is 31.4 Å². The molecule has 3 saturated carbocycles. The number of carbonyl (C=O) groups is 1. The topological polar surface area (TPSA) is 46.5 Å². The van der Waals surface area contributed by atoms with Gasteiger partial charge in [0.25, 0.3) is 8.32 Å². The Kier molecular flexibility index (Phi) is 5.72. The zero-order chi connectivity index (χ0) is 25.3. The standard InChI is InChI=1S/C32H42O3Si/c1-5-30(3)20-27-31(4)23(16-18-32(22(2)29(30)34)19-17-26(33)28(31)32)21-36(35-27,24-12-8-6-9-13-24)25-14-10-7-11-15-25/h6-15,22-23,27-29,34H,5,16-21H2,1-4H3/t22-,23-,27+,28?,29-,30+,31-,32-/m0/s1. The molecule has 8 atom stereocenters. The molecule has 0 amide bonds. The Balaban J connectivity index is 1.57. The van der Waals surface area contributed by atoms with Gasteiger partial charge in [0, 0.05) is 17.8 Å². The van der Waals surface area contributed by atoms with Crippen LogP contribution >= 0.6 is 0 Å². The second kappa shape index (κ2) is 8.38. The Morgan fingerprint density at radius 3 is 2.19 bits per heavy atom. The molecule has 1 saturated heterocycles. The van der Waals surface area contributed by atoms with Crippen LogP contribution in [-0.2, 0) is 9.22 Å². The van der Waals surface area contributed by atoms with Gasteiger partial charge in [0.15, 0.2) is 0 Å². The van der Waals surface area contributed by atoms with Crippen molar-refractivity contribution in [2.24, 2.45) is 34.0 Å². The molecule has 3 aliphatic carbocycles. The lowest BCUT2D eigenvalue weighted by Crippen LogP contribution is -2.74. The molecule has 0 spiro atoms. The normalized spacial score (nSPS) is 43.4. The molecular formula is C32H42O3Si. The molecule has 1 unspecified atom stereocenters. The molecule has 2 bridgehead atoms. The van der Waals surface area contributed by atoms with Crippen LogP contribution in [0.1, 0.15) is 66.2 Å². The SMILES string of the molecule is CC[C@]1(C)C[C@H]2O[Si](c3ccccc3)(c3ccccc3)C[C@@H]3CC[C@]4(CCC(=O)C4[C@@]32C)[C@@H](C)[C@@H]1O. The fraction of sp³-hybridized carbons (Fsp3) is 0.594. The highest BCUT2D eigenvalue weighted by Crippen LogP contribution is 2.70. The number of aliphatic hydroxyl groups excluding tert-OH is 1. The number of hydrogen-bond donors (Lipinski definition) is 1. The fourth-order valence-corrected chi connectivity index (χ4v) is 14.3. The van der Waals surface area contributed by atoms with E-state index in [-0.39, 0.29) is 34.2 Å². The van der Waals surface area contributed by atoms with Crippen molar-refractivity contribution in [2.75, 3.05) is 0 Å². The molecule has 4 fully saturated rings. The first-order valence-electron chi connectivity index (χ1n) is 14.2. The number of rotatable bonds is 3. The highest BCUT2D eigenvalue weighted by molar-refractivity contribution is 6.97. The minimum atomic E-state index is -2.56. The lowest BCUT2D eigenvalue weighted by atomic mass is 9.43. The van der Waals surface area contributed by atoms with E-state index in [4.69, 9.17) is 4.43 Å². The van der Waals surface area contributed by atoms with E-state index in [1.165, 1.54) is 10.4 Å². The molecular weight excluding hydrogens is 460 g/mol. The molecule has 36 heavy (non-hydrogen) atoms. The summed E-state index contributed by atoms with van der Waals surface area (Å²) in [6, 6.07) is 22.9. The Bertz CT molecular complexity index is 1100. The molecule has 1 heterocycles. The lowest BCUT2D eigenvalue weighted by molar-refractivity contribution is -0.201. The Hall–Kier alpha value is -1.75. The van der Waals surface area contributed by atoms with Crippen LogP contribution in [0.5, 0.6) is 0 Å². The van der Waals surface area contributed by atoms with E-state index < -0.39 is 14.4 Å². The van der Waals surface area contributed by atoms with Gasteiger partial charge in [0.2, 0.25) is 0 Å². The third-order valence-electron chi connectivity index (χ3n) is 11.8. The van der Waals surface area contributed by atoms with Crippen LogP contribution in [0.15, 0.2) is 60.7 Å². The molecule has 192 valence electrons. The van der Waals surface area contributed by atoms with Crippen LogP contribution in [0.25, 0.3) is 0 Å². The largest absolute Gasteiger partial charge is 0.404 e. The molecule has 0 radical (unpaired) electrons. The monoisotopic (exact) mass is 502 g/mol. The van der Waals surface area contributed by atoms with Gasteiger partial charge in [-0.3, -0.25) is 4.79 Å². The van der Waals surface area contributed by atoms with Crippen molar-refractivity contribution < 1.29 is 14.3 Å². The maximum atomic E-state index is 13.8. The van der Waals surface area contributed by atoms with Crippen molar-refractivity contribution in [3.05, 3.63) is 60.7 Å². The first-order valence-corrected chi connectivity index (χ1v) is 16.3. The molecule has 3 nitrogen and oxygen atoms in total. The van der Waals surface area contributed by atoms with E-state index in [9.17, 15) is 9.90 Å². The minimum absolute atomic E-state index is 0.00153. The second-order valence-corrected chi connectivity index (χ2v) is 16.5. The van der Waals surface area contributed by atoms with Crippen LogP contribution in [0, 0.1) is 34.0 Å². The summed E-state index contributed by atoms with van der Waals surface area (Å²) in [5, 5.41) is 14.6. The maximum absolute atomic E-state index is 13.8. The number of Topliss-reactive ketones (excluding diaryl/α,β-unsaturated/α-hetero) is 1. The maximum Gasteiger partial charge on any atom is 0.256 e. The molecule has 2 aromatic rings. The summed E-state index contributed by atoms with van der Waals surface area (Å²) in [4.78, 5) is 13.8. The van der Waals surface area contributed by atoms with Crippen molar-refractivity contribution in [2.45, 2.75) is 84.5 Å². The van der Waals surface area contributed by atoms with Crippen LogP contribution < -0.4 is 10.4 Å². The summed E-state index contributed by atoms with van der Waals surface area (Å²) in [6.07, 6.45) is 5.06. The average Bonchev–Trinajstić information content (AvgIpc) is 3.27. The number of benzene rings is 2. The average molecular weight is 503 g/mol. The quantitative estimate of drug-likeness (QED) is 0.576. The first-order chi connectivity index (χ1) is 17.2. The predicted octanol–water partition coefficient (Wildman–Crippen LogP) is 5.34. The molecule has 1 N–H and O–H groups in total. The molecule has 4 aliphatic rings. The van der Waals surface area contributed by atoms with Crippen molar-refractivity contribution in [3.8, 4) is 0 Å². The molecule has 2 aromatic carbocycles. The van der Waals surface area contributed by atoms with Crippen LogP contribution in [0.3, 0.4) is 0 Å². The third kappa shape index (κ3) is 3.13. The number of carbonyl (C=O) groups excluding carboxylic acids is 1. The molecule has 0 aromatic heterocycles. The van der Waals surface area contributed by atoms with Crippen molar-refractivity contribution in [1.29, 1.82) is 0 Å². The van der Waals surface area contributed by atoms with E-state index in [0.29, 0.717) is 18.1 Å². The van der Waals surface area contributed by atoms with Gasteiger partial charge in [-0.05, 0) is 71.2 Å². The van der Waals surface area contributed by atoms with Crippen molar-refractivity contribution >= 4 is 24.5 Å². The number of aliphatic hydroxyl groups is 1. The lowest BCUT2D eigenvalue weighted by Gasteiger charge is -2.66. The summed E-state index contributed by atoms with van der Waals surface area (Å²) in [6.45, 7) is 9.18. The fourth-order valence-electron chi connectivity index (χ4n) is 9.47. The molecule has 6 rings (SSSR count). The van der Waals surface area contributed by atoms with Gasteiger partial charge in [-0.15, -0.1) is 0 Å². The van der Waals surface area contributed by atoms with E-state index in [1.807, 2.05) is 0 Å². The van der Waals surface area contributed by atoms with Gasteiger partial charge in [-0.2, -0.15) is 0 Å².